The number of rotatable bonds is 5. The van der Waals surface area contributed by atoms with Crippen LogP contribution in [-0.2, 0) is 9.47 Å². The van der Waals surface area contributed by atoms with Crippen LogP contribution in [0.15, 0.2) is 24.3 Å². The molecule has 1 unspecified atom stereocenters. The molecule has 0 radical (unpaired) electrons. The SMILES string of the molecule is COC1CC(NC(C)c2ccc(NC(=O)OC(C)(C)C)cc2)C1. The van der Waals surface area contributed by atoms with Crippen LogP contribution in [0, 0.1) is 0 Å². The third kappa shape index (κ3) is 5.52. The summed E-state index contributed by atoms with van der Waals surface area (Å²) in [4.78, 5) is 11.7. The standard InChI is InChI=1S/C18H28N2O3/c1-12(19-15-10-16(11-15)22-5)13-6-8-14(9-7-13)20-17(21)23-18(2,3)4/h6-9,12,15-16,19H,10-11H2,1-5H3,(H,20,21). The van der Waals surface area contributed by atoms with Crippen molar-refractivity contribution in [1.29, 1.82) is 0 Å². The minimum atomic E-state index is -0.495. The van der Waals surface area contributed by atoms with E-state index in [1.807, 2.05) is 45.0 Å². The lowest BCUT2D eigenvalue weighted by Gasteiger charge is -2.36. The van der Waals surface area contributed by atoms with Crippen LogP contribution in [0.1, 0.15) is 52.1 Å². The highest BCUT2D eigenvalue weighted by Gasteiger charge is 2.29. The first kappa shape index (κ1) is 17.8. The van der Waals surface area contributed by atoms with Crippen molar-refractivity contribution in [2.75, 3.05) is 12.4 Å². The Hall–Kier alpha value is -1.59. The summed E-state index contributed by atoms with van der Waals surface area (Å²) in [5.74, 6) is 0. The molecule has 23 heavy (non-hydrogen) atoms. The van der Waals surface area contributed by atoms with Gasteiger partial charge in [0, 0.05) is 24.9 Å². The van der Waals surface area contributed by atoms with Gasteiger partial charge in [-0.05, 0) is 58.2 Å². The zero-order chi connectivity index (χ0) is 17.0. The molecule has 5 heteroatoms. The Balaban J connectivity index is 1.83. The zero-order valence-corrected chi connectivity index (χ0v) is 14.7. The Morgan fingerprint density at radius 2 is 1.83 bits per heavy atom. The Morgan fingerprint density at radius 3 is 2.35 bits per heavy atom. The first-order valence-electron chi connectivity index (χ1n) is 8.15. The van der Waals surface area contributed by atoms with E-state index in [2.05, 4.69) is 17.6 Å². The molecule has 1 fully saturated rings. The molecule has 0 spiro atoms. The molecule has 0 aromatic heterocycles. The van der Waals surface area contributed by atoms with Gasteiger partial charge in [0.25, 0.3) is 0 Å². The molecule has 5 nitrogen and oxygen atoms in total. The molecule has 128 valence electrons. The van der Waals surface area contributed by atoms with Gasteiger partial charge in [-0.1, -0.05) is 12.1 Å². The fourth-order valence-corrected chi connectivity index (χ4v) is 2.62. The number of carbonyl (C=O) groups is 1. The molecule has 0 heterocycles. The number of hydrogen-bond donors (Lipinski definition) is 2. The monoisotopic (exact) mass is 320 g/mol. The van der Waals surface area contributed by atoms with Crippen molar-refractivity contribution in [1.82, 2.24) is 5.32 Å². The lowest BCUT2D eigenvalue weighted by Crippen LogP contribution is -2.45. The second-order valence-corrected chi connectivity index (χ2v) is 7.16. The average molecular weight is 320 g/mol. The van der Waals surface area contributed by atoms with Gasteiger partial charge < -0.3 is 14.8 Å². The maximum Gasteiger partial charge on any atom is 0.412 e. The molecular formula is C18H28N2O3. The van der Waals surface area contributed by atoms with Crippen molar-refractivity contribution in [3.63, 3.8) is 0 Å². The molecule has 1 aromatic carbocycles. The van der Waals surface area contributed by atoms with Gasteiger partial charge in [-0.2, -0.15) is 0 Å². The van der Waals surface area contributed by atoms with Gasteiger partial charge in [-0.3, -0.25) is 5.32 Å². The summed E-state index contributed by atoms with van der Waals surface area (Å²) < 4.78 is 10.5. The normalized spacial score (nSPS) is 22.1. The second kappa shape index (κ2) is 7.32. The van der Waals surface area contributed by atoms with Gasteiger partial charge in [0.2, 0.25) is 0 Å². The van der Waals surface area contributed by atoms with Crippen LogP contribution < -0.4 is 10.6 Å². The number of carbonyl (C=O) groups excluding carboxylic acids is 1. The molecule has 1 aliphatic rings. The molecule has 1 aliphatic carbocycles. The van der Waals surface area contributed by atoms with Crippen molar-refractivity contribution < 1.29 is 14.3 Å². The average Bonchev–Trinajstić information content (AvgIpc) is 2.40. The van der Waals surface area contributed by atoms with Gasteiger partial charge in [-0.25, -0.2) is 4.79 Å². The topological polar surface area (TPSA) is 59.6 Å². The van der Waals surface area contributed by atoms with Crippen molar-refractivity contribution in [3.05, 3.63) is 29.8 Å². The Bertz CT molecular complexity index is 516. The number of methoxy groups -OCH3 is 1. The van der Waals surface area contributed by atoms with E-state index in [4.69, 9.17) is 9.47 Å². The summed E-state index contributed by atoms with van der Waals surface area (Å²) in [6, 6.07) is 8.64. The number of anilines is 1. The van der Waals surface area contributed by atoms with Crippen LogP contribution in [0.5, 0.6) is 0 Å². The molecular weight excluding hydrogens is 292 g/mol. The van der Waals surface area contributed by atoms with Crippen LogP contribution in [-0.4, -0.2) is 30.9 Å². The third-order valence-corrected chi connectivity index (χ3v) is 3.97. The van der Waals surface area contributed by atoms with E-state index < -0.39 is 11.7 Å². The van der Waals surface area contributed by atoms with Crippen LogP contribution in [0.4, 0.5) is 10.5 Å². The minimum absolute atomic E-state index is 0.272. The summed E-state index contributed by atoms with van der Waals surface area (Å²) in [5.41, 5.74) is 1.43. The number of amides is 1. The van der Waals surface area contributed by atoms with Gasteiger partial charge in [0.15, 0.2) is 0 Å². The smallest absolute Gasteiger partial charge is 0.412 e. The second-order valence-electron chi connectivity index (χ2n) is 7.16. The van der Waals surface area contributed by atoms with Crippen LogP contribution in [0.25, 0.3) is 0 Å². The van der Waals surface area contributed by atoms with Crippen molar-refractivity contribution in [2.45, 2.75) is 64.3 Å². The van der Waals surface area contributed by atoms with E-state index in [0.717, 1.165) is 18.5 Å². The minimum Gasteiger partial charge on any atom is -0.444 e. The van der Waals surface area contributed by atoms with Gasteiger partial charge >= 0.3 is 6.09 Å². The predicted octanol–water partition coefficient (Wildman–Crippen LogP) is 3.86. The van der Waals surface area contributed by atoms with E-state index in [0.29, 0.717) is 12.1 Å². The molecule has 1 amide bonds. The summed E-state index contributed by atoms with van der Waals surface area (Å²) in [6.45, 7) is 7.68. The van der Waals surface area contributed by atoms with E-state index in [1.54, 1.807) is 7.11 Å². The Morgan fingerprint density at radius 1 is 1.22 bits per heavy atom. The highest BCUT2D eigenvalue weighted by atomic mass is 16.6. The number of nitrogens with one attached hydrogen (secondary N) is 2. The molecule has 0 saturated heterocycles. The molecule has 0 aliphatic heterocycles. The molecule has 2 N–H and O–H groups in total. The lowest BCUT2D eigenvalue weighted by molar-refractivity contribution is 0.0147. The maximum absolute atomic E-state index is 11.7. The highest BCUT2D eigenvalue weighted by Crippen LogP contribution is 2.26. The first-order valence-corrected chi connectivity index (χ1v) is 8.15. The summed E-state index contributed by atoms with van der Waals surface area (Å²) in [7, 11) is 1.76. The van der Waals surface area contributed by atoms with E-state index >= 15 is 0 Å². The fourth-order valence-electron chi connectivity index (χ4n) is 2.62. The number of ether oxygens (including phenoxy) is 2. The maximum atomic E-state index is 11.7. The van der Waals surface area contributed by atoms with Gasteiger partial charge in [0.1, 0.15) is 5.60 Å². The van der Waals surface area contributed by atoms with Crippen molar-refractivity contribution >= 4 is 11.8 Å². The van der Waals surface area contributed by atoms with Crippen molar-refractivity contribution in [2.24, 2.45) is 0 Å². The van der Waals surface area contributed by atoms with E-state index in [1.165, 1.54) is 5.56 Å². The summed E-state index contributed by atoms with van der Waals surface area (Å²) >= 11 is 0. The molecule has 1 atom stereocenters. The number of benzene rings is 1. The molecule has 1 aromatic rings. The van der Waals surface area contributed by atoms with Crippen LogP contribution >= 0.6 is 0 Å². The lowest BCUT2D eigenvalue weighted by atomic mass is 9.88. The highest BCUT2D eigenvalue weighted by molar-refractivity contribution is 5.84. The molecule has 2 rings (SSSR count). The Labute approximate surface area is 138 Å². The van der Waals surface area contributed by atoms with Gasteiger partial charge in [-0.15, -0.1) is 0 Å². The van der Waals surface area contributed by atoms with Crippen LogP contribution in [0.3, 0.4) is 0 Å². The predicted molar refractivity (Wildman–Crippen MR) is 91.7 cm³/mol. The zero-order valence-electron chi connectivity index (χ0n) is 14.7. The third-order valence-electron chi connectivity index (χ3n) is 3.97. The van der Waals surface area contributed by atoms with E-state index in [-0.39, 0.29) is 6.04 Å². The molecule has 0 bridgehead atoms. The fraction of sp³-hybridized carbons (Fsp3) is 0.611. The quantitative estimate of drug-likeness (QED) is 0.865. The number of hydrogen-bond acceptors (Lipinski definition) is 4. The van der Waals surface area contributed by atoms with E-state index in [9.17, 15) is 4.79 Å². The summed E-state index contributed by atoms with van der Waals surface area (Å²) in [6.07, 6.45) is 2.11. The largest absolute Gasteiger partial charge is 0.444 e. The molecule has 1 saturated carbocycles. The Kier molecular flexibility index (Phi) is 5.65. The summed E-state index contributed by atoms with van der Waals surface area (Å²) in [5, 5.41) is 6.34. The van der Waals surface area contributed by atoms with Crippen molar-refractivity contribution in [3.8, 4) is 0 Å². The first-order chi connectivity index (χ1) is 10.8. The van der Waals surface area contributed by atoms with Crippen LogP contribution in [0.2, 0.25) is 0 Å². The van der Waals surface area contributed by atoms with Gasteiger partial charge in [0.05, 0.1) is 6.10 Å².